The van der Waals surface area contributed by atoms with Crippen molar-refractivity contribution in [2.45, 2.75) is 12.6 Å². The molecule has 0 spiro atoms. The average molecular weight is 299 g/mol. The van der Waals surface area contributed by atoms with E-state index in [0.717, 1.165) is 10.6 Å². The number of carboxylic acids is 1. The first kappa shape index (κ1) is 17.5. The van der Waals surface area contributed by atoms with Crippen LogP contribution in [0.2, 0.25) is 0 Å². The summed E-state index contributed by atoms with van der Waals surface area (Å²) in [6.45, 7) is -0.465. The molecule has 2 rings (SSSR count). The maximum absolute atomic E-state index is 11.5. The van der Waals surface area contributed by atoms with Crippen LogP contribution < -0.4 is 35.0 Å². The molecule has 0 aliphatic heterocycles. The number of aromatic nitrogens is 1. The van der Waals surface area contributed by atoms with Gasteiger partial charge in [-0.05, 0) is 5.56 Å². The van der Waals surface area contributed by atoms with E-state index in [1.165, 1.54) is 6.20 Å². The van der Waals surface area contributed by atoms with Gasteiger partial charge in [0.1, 0.15) is 12.6 Å². The molecule has 1 aromatic carbocycles. The molecule has 0 bridgehead atoms. The minimum atomic E-state index is -1.29. The number of pyridine rings is 1. The number of carbonyl (C=O) groups is 1. The fourth-order valence-corrected chi connectivity index (χ4v) is 1.94. The third-order valence-electron chi connectivity index (χ3n) is 2.87. The van der Waals surface area contributed by atoms with Crippen molar-refractivity contribution in [2.24, 2.45) is 0 Å². The molecule has 106 valence electrons. The smallest absolute Gasteiger partial charge is 1.00 e. The van der Waals surface area contributed by atoms with Crippen LogP contribution in [0.3, 0.4) is 0 Å². The van der Waals surface area contributed by atoms with Crippen molar-refractivity contribution in [3.8, 4) is 5.75 Å². The first-order valence-corrected chi connectivity index (χ1v) is 5.88. The summed E-state index contributed by atoms with van der Waals surface area (Å²) in [6.07, 6.45) is -0.0538. The summed E-state index contributed by atoms with van der Waals surface area (Å²) in [6, 6.07) is 9.43. The average Bonchev–Trinajstić information content (AvgIpc) is 2.43. The van der Waals surface area contributed by atoms with Crippen molar-refractivity contribution in [1.29, 1.82) is 0 Å². The number of rotatable bonds is 4. The minimum absolute atomic E-state index is 0. The predicted octanol–water partition coefficient (Wildman–Crippen LogP) is -2.16. The van der Waals surface area contributed by atoms with E-state index in [4.69, 9.17) is 5.11 Å². The Bertz CT molecular complexity index is 689. The SMILES string of the molecule is O=C(O)Cn1ccc(=O)c(O)c1C(O)c1ccccc1.[H-].[Na+]. The normalized spacial score (nSPS) is 11.5. The number of aliphatic hydroxyl groups is 1. The van der Waals surface area contributed by atoms with Crippen molar-refractivity contribution in [3.05, 3.63) is 64.1 Å². The molecule has 0 amide bonds. The maximum atomic E-state index is 11.5. The molecule has 1 aromatic heterocycles. The summed E-state index contributed by atoms with van der Waals surface area (Å²) in [5, 5.41) is 29.0. The summed E-state index contributed by atoms with van der Waals surface area (Å²) < 4.78 is 1.14. The number of aliphatic hydroxyl groups excluding tert-OH is 1. The second-order valence-corrected chi connectivity index (χ2v) is 4.25. The van der Waals surface area contributed by atoms with Crippen molar-refractivity contribution in [3.63, 3.8) is 0 Å². The van der Waals surface area contributed by atoms with Crippen molar-refractivity contribution >= 4 is 5.97 Å². The Morgan fingerprint density at radius 1 is 1.24 bits per heavy atom. The van der Waals surface area contributed by atoms with Gasteiger partial charge in [-0.15, -0.1) is 0 Å². The third kappa shape index (κ3) is 3.95. The largest absolute Gasteiger partial charge is 1.00 e. The van der Waals surface area contributed by atoms with Gasteiger partial charge >= 0.3 is 35.5 Å². The van der Waals surface area contributed by atoms with Crippen molar-refractivity contribution < 1.29 is 51.1 Å². The molecule has 0 aliphatic rings. The van der Waals surface area contributed by atoms with Gasteiger partial charge in [-0.2, -0.15) is 0 Å². The Labute approximate surface area is 144 Å². The molecule has 1 atom stereocenters. The second-order valence-electron chi connectivity index (χ2n) is 4.25. The molecular formula is C14H14NNaO5. The van der Waals surface area contributed by atoms with E-state index < -0.39 is 29.8 Å². The fourth-order valence-electron chi connectivity index (χ4n) is 1.94. The molecule has 1 unspecified atom stereocenters. The predicted molar refractivity (Wildman–Crippen MR) is 71.6 cm³/mol. The van der Waals surface area contributed by atoms with Gasteiger partial charge in [0.25, 0.3) is 0 Å². The quantitative estimate of drug-likeness (QED) is 0.558. The summed E-state index contributed by atoms with van der Waals surface area (Å²) in [5.74, 6) is -1.79. The number of hydrogen-bond donors (Lipinski definition) is 3. The number of nitrogens with zero attached hydrogens (tertiary/aromatic N) is 1. The molecule has 1 heterocycles. The zero-order valence-corrected chi connectivity index (χ0v) is 13.4. The third-order valence-corrected chi connectivity index (χ3v) is 2.87. The molecule has 0 aliphatic carbocycles. The van der Waals surface area contributed by atoms with E-state index in [1.807, 2.05) is 0 Å². The maximum Gasteiger partial charge on any atom is 1.00 e. The van der Waals surface area contributed by atoms with E-state index in [9.17, 15) is 19.8 Å². The number of carboxylic acid groups (broad SMARTS) is 1. The zero-order valence-electron chi connectivity index (χ0n) is 12.4. The van der Waals surface area contributed by atoms with E-state index >= 15 is 0 Å². The van der Waals surface area contributed by atoms with Gasteiger partial charge in [0.05, 0.1) is 5.69 Å². The molecule has 7 heteroatoms. The Balaban J connectivity index is 0.00000220. The molecule has 6 nitrogen and oxygen atoms in total. The summed E-state index contributed by atoms with van der Waals surface area (Å²) in [5.41, 5.74) is -0.352. The van der Waals surface area contributed by atoms with Crippen molar-refractivity contribution in [2.75, 3.05) is 0 Å². The van der Waals surface area contributed by atoms with Crippen LogP contribution in [0.15, 0.2) is 47.4 Å². The summed E-state index contributed by atoms with van der Waals surface area (Å²) in [7, 11) is 0. The molecule has 0 saturated heterocycles. The first-order valence-electron chi connectivity index (χ1n) is 5.88. The van der Waals surface area contributed by atoms with Gasteiger partial charge in [0.2, 0.25) is 5.43 Å². The monoisotopic (exact) mass is 299 g/mol. The Morgan fingerprint density at radius 2 is 1.86 bits per heavy atom. The standard InChI is InChI=1S/C14H13NO5.Na.H/c16-10-6-7-15(8-11(17)18)12(14(10)20)13(19)9-4-2-1-3-5-9;;/h1-7,13,19-20H,8H2,(H,17,18);;/q;+1;-1. The van der Waals surface area contributed by atoms with E-state index in [0.29, 0.717) is 5.56 Å². The zero-order chi connectivity index (χ0) is 14.7. The van der Waals surface area contributed by atoms with Gasteiger partial charge < -0.3 is 21.3 Å². The Morgan fingerprint density at radius 3 is 2.43 bits per heavy atom. The summed E-state index contributed by atoms with van der Waals surface area (Å²) in [4.78, 5) is 22.3. The van der Waals surface area contributed by atoms with Crippen LogP contribution in [0.5, 0.6) is 5.75 Å². The summed E-state index contributed by atoms with van der Waals surface area (Å²) >= 11 is 0. The number of benzene rings is 1. The van der Waals surface area contributed by atoms with Crippen LogP contribution in [-0.4, -0.2) is 25.9 Å². The van der Waals surface area contributed by atoms with Crippen LogP contribution >= 0.6 is 0 Å². The molecule has 0 radical (unpaired) electrons. The van der Waals surface area contributed by atoms with Gasteiger partial charge in [0.15, 0.2) is 5.75 Å². The molecule has 3 N–H and O–H groups in total. The topological polar surface area (TPSA) is 99.8 Å². The van der Waals surface area contributed by atoms with Crippen LogP contribution in [0.25, 0.3) is 0 Å². The number of aliphatic carboxylic acids is 1. The Kier molecular flexibility index (Phi) is 6.17. The van der Waals surface area contributed by atoms with Crippen molar-refractivity contribution in [1.82, 2.24) is 4.57 Å². The number of aromatic hydroxyl groups is 1. The van der Waals surface area contributed by atoms with Crippen LogP contribution in [-0.2, 0) is 11.3 Å². The van der Waals surface area contributed by atoms with Gasteiger partial charge in [-0.3, -0.25) is 9.59 Å². The van der Waals surface area contributed by atoms with E-state index in [1.54, 1.807) is 30.3 Å². The van der Waals surface area contributed by atoms with E-state index in [-0.39, 0.29) is 36.7 Å². The molecule has 0 fully saturated rings. The molecule has 0 saturated carbocycles. The van der Waals surface area contributed by atoms with Gasteiger partial charge in [-0.1, -0.05) is 30.3 Å². The Hall–Kier alpha value is -1.60. The minimum Gasteiger partial charge on any atom is -1.00 e. The van der Waals surface area contributed by atoms with Gasteiger partial charge in [-0.25, -0.2) is 0 Å². The molecular weight excluding hydrogens is 285 g/mol. The van der Waals surface area contributed by atoms with Crippen LogP contribution in [0.4, 0.5) is 0 Å². The van der Waals surface area contributed by atoms with Crippen LogP contribution in [0.1, 0.15) is 18.8 Å². The molecule has 2 aromatic rings. The second kappa shape index (κ2) is 7.42. The van der Waals surface area contributed by atoms with E-state index in [2.05, 4.69) is 0 Å². The number of hydrogen-bond acceptors (Lipinski definition) is 4. The fraction of sp³-hybridized carbons (Fsp3) is 0.143. The molecule has 21 heavy (non-hydrogen) atoms. The first-order chi connectivity index (χ1) is 9.50. The van der Waals surface area contributed by atoms with Gasteiger partial charge in [0, 0.05) is 12.3 Å². The van der Waals surface area contributed by atoms with Crippen LogP contribution in [0, 0.1) is 0 Å².